The highest BCUT2D eigenvalue weighted by atomic mass is 16.5. The molecule has 1 saturated heterocycles. The van der Waals surface area contributed by atoms with Crippen molar-refractivity contribution in [2.75, 3.05) is 26.7 Å². The molecular weight excluding hydrogens is 252 g/mol. The molecule has 0 aromatic rings. The van der Waals surface area contributed by atoms with Crippen LogP contribution >= 0.6 is 0 Å². The fraction of sp³-hybridized carbons (Fsp3) is 0.750. The zero-order valence-electron chi connectivity index (χ0n) is 11.5. The summed E-state index contributed by atoms with van der Waals surface area (Å²) >= 11 is 0. The number of ether oxygens (including phenoxy) is 2. The van der Waals surface area contributed by atoms with Gasteiger partial charge < -0.3 is 14.8 Å². The highest BCUT2D eigenvalue weighted by Gasteiger charge is 2.33. The first-order valence-corrected chi connectivity index (χ1v) is 6.22. The third kappa shape index (κ3) is 4.86. The summed E-state index contributed by atoms with van der Waals surface area (Å²) in [5, 5.41) is 2.67. The van der Waals surface area contributed by atoms with Gasteiger partial charge in [0.1, 0.15) is 6.04 Å². The Kier molecular flexibility index (Phi) is 5.75. The van der Waals surface area contributed by atoms with Gasteiger partial charge in [-0.2, -0.15) is 0 Å². The number of amides is 1. The zero-order valence-corrected chi connectivity index (χ0v) is 11.5. The highest BCUT2D eigenvalue weighted by Crippen LogP contribution is 2.10. The van der Waals surface area contributed by atoms with E-state index in [1.807, 2.05) is 0 Å². The highest BCUT2D eigenvalue weighted by molar-refractivity contribution is 5.87. The van der Waals surface area contributed by atoms with Gasteiger partial charge in [-0.3, -0.25) is 19.3 Å². The molecule has 0 aliphatic carbocycles. The molecule has 1 heterocycles. The van der Waals surface area contributed by atoms with Crippen molar-refractivity contribution < 1.29 is 23.9 Å². The van der Waals surface area contributed by atoms with Crippen molar-refractivity contribution in [1.82, 2.24) is 10.2 Å². The molecule has 1 amide bonds. The number of rotatable bonds is 5. The van der Waals surface area contributed by atoms with Crippen molar-refractivity contribution in [1.29, 1.82) is 0 Å². The number of esters is 2. The van der Waals surface area contributed by atoms with E-state index in [0.29, 0.717) is 13.1 Å². The van der Waals surface area contributed by atoms with Crippen molar-refractivity contribution in [2.24, 2.45) is 0 Å². The Morgan fingerprint density at radius 1 is 1.42 bits per heavy atom. The van der Waals surface area contributed by atoms with Crippen LogP contribution in [0.1, 0.15) is 20.3 Å². The van der Waals surface area contributed by atoms with Gasteiger partial charge in [0.2, 0.25) is 5.91 Å². The fourth-order valence-corrected chi connectivity index (χ4v) is 1.88. The van der Waals surface area contributed by atoms with Gasteiger partial charge in [0.05, 0.1) is 26.2 Å². The Bertz CT molecular complexity index is 356. The quantitative estimate of drug-likeness (QED) is 0.666. The topological polar surface area (TPSA) is 84.9 Å². The summed E-state index contributed by atoms with van der Waals surface area (Å²) < 4.78 is 9.60. The van der Waals surface area contributed by atoms with E-state index >= 15 is 0 Å². The molecule has 0 aromatic carbocycles. The number of carbonyl (C=O) groups is 3. The molecule has 0 saturated carbocycles. The van der Waals surface area contributed by atoms with Crippen LogP contribution in [0.5, 0.6) is 0 Å². The number of nitrogens with one attached hydrogen (secondary N) is 1. The van der Waals surface area contributed by atoms with Gasteiger partial charge in [-0.25, -0.2) is 0 Å². The average Bonchev–Trinajstić information content (AvgIpc) is 2.32. The van der Waals surface area contributed by atoms with Crippen LogP contribution in [0.4, 0.5) is 0 Å². The SMILES string of the molecule is COC(=O)CC1C(=O)NCCN1CC(=O)OC(C)C. The van der Waals surface area contributed by atoms with E-state index in [1.54, 1.807) is 18.7 Å². The fourth-order valence-electron chi connectivity index (χ4n) is 1.88. The molecule has 1 unspecified atom stereocenters. The van der Waals surface area contributed by atoms with Gasteiger partial charge in [-0.15, -0.1) is 0 Å². The molecular formula is C12H20N2O5. The van der Waals surface area contributed by atoms with Gasteiger partial charge in [-0.05, 0) is 13.8 Å². The first-order valence-electron chi connectivity index (χ1n) is 6.22. The minimum Gasteiger partial charge on any atom is -0.469 e. The summed E-state index contributed by atoms with van der Waals surface area (Å²) in [7, 11) is 1.26. The lowest BCUT2D eigenvalue weighted by molar-refractivity contribution is -0.153. The summed E-state index contributed by atoms with van der Waals surface area (Å²) in [6.45, 7) is 4.46. The second-order valence-electron chi connectivity index (χ2n) is 4.60. The molecule has 0 spiro atoms. The zero-order chi connectivity index (χ0) is 14.4. The van der Waals surface area contributed by atoms with Crippen LogP contribution in [0.15, 0.2) is 0 Å². The van der Waals surface area contributed by atoms with Crippen LogP contribution in [0.3, 0.4) is 0 Å². The molecule has 0 radical (unpaired) electrons. The second kappa shape index (κ2) is 7.08. The van der Waals surface area contributed by atoms with Crippen LogP contribution in [-0.4, -0.2) is 61.6 Å². The minimum absolute atomic E-state index is 0.00669. The first-order chi connectivity index (χ1) is 8.93. The molecule has 1 rings (SSSR count). The maximum atomic E-state index is 11.7. The summed E-state index contributed by atoms with van der Waals surface area (Å²) in [6.07, 6.45) is -0.276. The maximum absolute atomic E-state index is 11.7. The molecule has 7 nitrogen and oxygen atoms in total. The molecule has 1 aliphatic heterocycles. The third-order valence-corrected chi connectivity index (χ3v) is 2.73. The molecule has 1 fully saturated rings. The van der Waals surface area contributed by atoms with Crippen LogP contribution in [-0.2, 0) is 23.9 Å². The lowest BCUT2D eigenvalue weighted by atomic mass is 10.1. The van der Waals surface area contributed by atoms with E-state index in [9.17, 15) is 14.4 Å². The summed E-state index contributed by atoms with van der Waals surface area (Å²) in [5.41, 5.74) is 0. The van der Waals surface area contributed by atoms with E-state index in [-0.39, 0.29) is 25.0 Å². The monoisotopic (exact) mass is 272 g/mol. The number of piperazine rings is 1. The van der Waals surface area contributed by atoms with Gasteiger partial charge in [0.15, 0.2) is 0 Å². The first kappa shape index (κ1) is 15.4. The lowest BCUT2D eigenvalue weighted by Gasteiger charge is -2.33. The predicted octanol–water partition coefficient (Wildman–Crippen LogP) is -0.698. The Morgan fingerprint density at radius 2 is 2.11 bits per heavy atom. The number of hydrogen-bond donors (Lipinski definition) is 1. The van der Waals surface area contributed by atoms with Crippen molar-refractivity contribution in [3.63, 3.8) is 0 Å². The number of methoxy groups -OCH3 is 1. The Hall–Kier alpha value is -1.63. The Balaban J connectivity index is 2.63. The Morgan fingerprint density at radius 3 is 2.68 bits per heavy atom. The molecule has 0 bridgehead atoms. The van der Waals surface area contributed by atoms with Gasteiger partial charge >= 0.3 is 11.9 Å². The number of nitrogens with zero attached hydrogens (tertiary/aromatic N) is 1. The summed E-state index contributed by atoms with van der Waals surface area (Å²) in [5.74, 6) is -1.15. The van der Waals surface area contributed by atoms with E-state index in [0.717, 1.165) is 0 Å². The van der Waals surface area contributed by atoms with Crippen LogP contribution in [0.25, 0.3) is 0 Å². The number of carbonyl (C=O) groups excluding carboxylic acids is 3. The molecule has 19 heavy (non-hydrogen) atoms. The standard InChI is InChI=1S/C12H20N2O5/c1-8(2)19-11(16)7-14-5-4-13-12(17)9(14)6-10(15)18-3/h8-9H,4-7H2,1-3H3,(H,13,17). The molecule has 7 heteroatoms. The maximum Gasteiger partial charge on any atom is 0.320 e. The normalized spacial score (nSPS) is 20.0. The van der Waals surface area contributed by atoms with E-state index in [2.05, 4.69) is 10.1 Å². The van der Waals surface area contributed by atoms with E-state index < -0.39 is 18.0 Å². The van der Waals surface area contributed by atoms with Gasteiger partial charge in [0, 0.05) is 13.1 Å². The molecule has 108 valence electrons. The van der Waals surface area contributed by atoms with Crippen LogP contribution in [0, 0.1) is 0 Å². The van der Waals surface area contributed by atoms with Crippen molar-refractivity contribution in [3.8, 4) is 0 Å². The van der Waals surface area contributed by atoms with E-state index in [4.69, 9.17) is 4.74 Å². The van der Waals surface area contributed by atoms with Crippen molar-refractivity contribution in [2.45, 2.75) is 32.4 Å². The van der Waals surface area contributed by atoms with Crippen LogP contribution in [0.2, 0.25) is 0 Å². The largest absolute Gasteiger partial charge is 0.469 e. The van der Waals surface area contributed by atoms with Crippen LogP contribution < -0.4 is 5.32 Å². The van der Waals surface area contributed by atoms with Gasteiger partial charge in [-0.1, -0.05) is 0 Å². The van der Waals surface area contributed by atoms with E-state index in [1.165, 1.54) is 7.11 Å². The molecule has 0 aromatic heterocycles. The van der Waals surface area contributed by atoms with Crippen molar-refractivity contribution in [3.05, 3.63) is 0 Å². The Labute approximate surface area is 112 Å². The summed E-state index contributed by atoms with van der Waals surface area (Å²) in [6, 6.07) is -0.680. The molecule has 1 N–H and O–H groups in total. The minimum atomic E-state index is -0.680. The van der Waals surface area contributed by atoms with Crippen molar-refractivity contribution >= 4 is 17.8 Å². The smallest absolute Gasteiger partial charge is 0.320 e. The average molecular weight is 272 g/mol. The second-order valence-corrected chi connectivity index (χ2v) is 4.60. The predicted molar refractivity (Wildman–Crippen MR) is 66.2 cm³/mol. The number of hydrogen-bond acceptors (Lipinski definition) is 6. The molecule has 1 aliphatic rings. The lowest BCUT2D eigenvalue weighted by Crippen LogP contribution is -2.57. The van der Waals surface area contributed by atoms with Gasteiger partial charge in [0.25, 0.3) is 0 Å². The molecule has 1 atom stereocenters. The third-order valence-electron chi connectivity index (χ3n) is 2.73. The summed E-state index contributed by atoms with van der Waals surface area (Å²) in [4.78, 5) is 36.3.